The van der Waals surface area contributed by atoms with E-state index in [0.29, 0.717) is 5.88 Å². The van der Waals surface area contributed by atoms with Gasteiger partial charge >= 0.3 is 0 Å². The minimum atomic E-state index is 0.0876. The van der Waals surface area contributed by atoms with Gasteiger partial charge in [-0.05, 0) is 51.0 Å². The smallest absolute Gasteiger partial charge is 0.224 e. The molecule has 7 nitrogen and oxygen atoms in total. The van der Waals surface area contributed by atoms with Crippen LogP contribution in [0.4, 0.5) is 5.69 Å². The van der Waals surface area contributed by atoms with Crippen LogP contribution in [-0.4, -0.2) is 56.9 Å². The summed E-state index contributed by atoms with van der Waals surface area (Å²) in [7, 11) is 0. The van der Waals surface area contributed by atoms with Gasteiger partial charge in [-0.1, -0.05) is 0 Å². The summed E-state index contributed by atoms with van der Waals surface area (Å²) in [4.78, 5) is 13.7. The van der Waals surface area contributed by atoms with Crippen LogP contribution in [0.2, 0.25) is 0 Å². The second-order valence-corrected chi connectivity index (χ2v) is 8.26. The lowest BCUT2D eigenvalue weighted by atomic mass is 10.1. The van der Waals surface area contributed by atoms with E-state index < -0.39 is 0 Å². The van der Waals surface area contributed by atoms with E-state index in [0.717, 1.165) is 50.2 Å². The van der Waals surface area contributed by atoms with E-state index in [2.05, 4.69) is 48.7 Å². The molecule has 0 aliphatic carbocycles. The fraction of sp³-hybridized carbons (Fsp3) is 0.500. The topological polar surface area (TPSA) is 59.3 Å². The molecule has 5 rings (SSSR count). The van der Waals surface area contributed by atoms with Crippen LogP contribution < -0.4 is 9.64 Å². The largest absolute Gasteiger partial charge is 0.474 e. The maximum absolute atomic E-state index is 5.89. The number of aryl methyl sites for hydroxylation is 2. The molecule has 3 aromatic rings. The van der Waals surface area contributed by atoms with Crippen LogP contribution in [-0.2, 0) is 19.5 Å². The van der Waals surface area contributed by atoms with Crippen LogP contribution in [0.25, 0.3) is 10.9 Å². The quantitative estimate of drug-likeness (QED) is 0.665. The van der Waals surface area contributed by atoms with Crippen LogP contribution >= 0.6 is 0 Å². The highest BCUT2D eigenvalue weighted by atomic mass is 16.5. The fourth-order valence-electron chi connectivity index (χ4n) is 4.33. The summed E-state index contributed by atoms with van der Waals surface area (Å²) < 4.78 is 8.07. The molecule has 29 heavy (non-hydrogen) atoms. The van der Waals surface area contributed by atoms with Gasteiger partial charge in [0.2, 0.25) is 5.88 Å². The Morgan fingerprint density at radius 2 is 1.90 bits per heavy atom. The monoisotopic (exact) mass is 392 g/mol. The Hall–Kier alpha value is -2.67. The van der Waals surface area contributed by atoms with E-state index >= 15 is 0 Å². The molecule has 2 aliphatic rings. The summed E-state index contributed by atoms with van der Waals surface area (Å²) in [5.41, 5.74) is 4.75. The fourth-order valence-corrected chi connectivity index (χ4v) is 4.33. The molecule has 2 aliphatic heterocycles. The number of nitrogens with zero attached hydrogens (tertiary/aromatic N) is 6. The summed E-state index contributed by atoms with van der Waals surface area (Å²) >= 11 is 0. The van der Waals surface area contributed by atoms with Crippen molar-refractivity contribution in [3.8, 4) is 5.88 Å². The molecule has 1 saturated heterocycles. The Kier molecular flexibility index (Phi) is 4.83. The normalized spacial score (nSPS) is 17.3. The van der Waals surface area contributed by atoms with Crippen LogP contribution in [0.3, 0.4) is 0 Å². The number of piperazine rings is 1. The van der Waals surface area contributed by atoms with Crippen molar-refractivity contribution < 1.29 is 4.74 Å². The molecule has 0 N–H and O–H groups in total. The van der Waals surface area contributed by atoms with E-state index in [9.17, 15) is 0 Å². The first-order chi connectivity index (χ1) is 14.2. The third-order valence-electron chi connectivity index (χ3n) is 5.77. The average Bonchev–Trinajstić information content (AvgIpc) is 3.30. The lowest BCUT2D eigenvalue weighted by Gasteiger charge is -2.35. The standard InChI is InChI=1S/C22H28N6O/c1-16(2)29-22-20-13-18(5-6-21(20)23-15-24-22)27-10-8-26(9-11-27)14-17-12-19-4-3-7-28(19)25-17/h5-6,12-13,15-16H,3-4,7-11,14H2,1-2H3. The Labute approximate surface area is 171 Å². The molecule has 1 fully saturated rings. The van der Waals surface area contributed by atoms with Crippen molar-refractivity contribution in [2.24, 2.45) is 0 Å². The van der Waals surface area contributed by atoms with Crippen LogP contribution in [0.15, 0.2) is 30.6 Å². The molecule has 0 bridgehead atoms. The van der Waals surface area contributed by atoms with Crippen molar-refractivity contribution in [2.75, 3.05) is 31.1 Å². The summed E-state index contributed by atoms with van der Waals surface area (Å²) in [5.74, 6) is 0.665. The molecule has 1 aromatic carbocycles. The molecule has 0 spiro atoms. The minimum absolute atomic E-state index is 0.0876. The van der Waals surface area contributed by atoms with Gasteiger partial charge in [-0.2, -0.15) is 5.10 Å². The maximum Gasteiger partial charge on any atom is 0.224 e. The van der Waals surface area contributed by atoms with E-state index in [-0.39, 0.29) is 6.10 Å². The van der Waals surface area contributed by atoms with Gasteiger partial charge in [0.05, 0.1) is 22.7 Å². The Balaban J connectivity index is 1.27. The number of hydrogen-bond donors (Lipinski definition) is 0. The zero-order valence-electron chi connectivity index (χ0n) is 17.2. The van der Waals surface area contributed by atoms with Crippen LogP contribution in [0.1, 0.15) is 31.7 Å². The van der Waals surface area contributed by atoms with E-state index in [1.165, 1.54) is 29.9 Å². The van der Waals surface area contributed by atoms with Gasteiger partial charge in [-0.15, -0.1) is 0 Å². The second kappa shape index (κ2) is 7.63. The van der Waals surface area contributed by atoms with Gasteiger partial charge in [0.1, 0.15) is 6.33 Å². The predicted molar refractivity (Wildman–Crippen MR) is 113 cm³/mol. The molecule has 0 radical (unpaired) electrons. The molecule has 0 amide bonds. The summed E-state index contributed by atoms with van der Waals surface area (Å²) in [6.45, 7) is 10.2. The Morgan fingerprint density at radius 3 is 2.69 bits per heavy atom. The first kappa shape index (κ1) is 18.4. The van der Waals surface area contributed by atoms with Gasteiger partial charge in [0.25, 0.3) is 0 Å². The summed E-state index contributed by atoms with van der Waals surface area (Å²) in [6, 6.07) is 8.68. The Bertz CT molecular complexity index is 984. The number of aromatic nitrogens is 4. The molecule has 0 atom stereocenters. The lowest BCUT2D eigenvalue weighted by Crippen LogP contribution is -2.46. The number of rotatable bonds is 5. The molecule has 4 heterocycles. The molecule has 2 aromatic heterocycles. The Morgan fingerprint density at radius 1 is 1.03 bits per heavy atom. The first-order valence-corrected chi connectivity index (χ1v) is 10.6. The third-order valence-corrected chi connectivity index (χ3v) is 5.77. The molecular weight excluding hydrogens is 364 g/mol. The molecule has 7 heteroatoms. The second-order valence-electron chi connectivity index (χ2n) is 8.26. The first-order valence-electron chi connectivity index (χ1n) is 10.6. The molecular formula is C22H28N6O. The highest BCUT2D eigenvalue weighted by molar-refractivity contribution is 5.86. The van der Waals surface area contributed by atoms with Crippen LogP contribution in [0, 0.1) is 0 Å². The van der Waals surface area contributed by atoms with Crippen molar-refractivity contribution in [1.29, 1.82) is 0 Å². The number of hydrogen-bond acceptors (Lipinski definition) is 6. The van der Waals surface area contributed by atoms with Crippen molar-refractivity contribution in [3.05, 3.63) is 42.0 Å². The van der Waals surface area contributed by atoms with Gasteiger partial charge < -0.3 is 9.64 Å². The lowest BCUT2D eigenvalue weighted by molar-refractivity contribution is 0.235. The molecule has 152 valence electrons. The maximum atomic E-state index is 5.89. The minimum Gasteiger partial charge on any atom is -0.474 e. The SMILES string of the molecule is CC(C)Oc1ncnc2ccc(N3CCN(Cc4cc5n(n4)CCC5)CC3)cc12. The highest BCUT2D eigenvalue weighted by Crippen LogP contribution is 2.28. The van der Waals surface area contributed by atoms with Crippen LogP contribution in [0.5, 0.6) is 5.88 Å². The summed E-state index contributed by atoms with van der Waals surface area (Å²) in [6.07, 6.45) is 4.07. The highest BCUT2D eigenvalue weighted by Gasteiger charge is 2.21. The van der Waals surface area contributed by atoms with E-state index in [4.69, 9.17) is 9.84 Å². The predicted octanol–water partition coefficient (Wildman–Crippen LogP) is 2.88. The van der Waals surface area contributed by atoms with Crippen molar-refractivity contribution in [3.63, 3.8) is 0 Å². The number of anilines is 1. The number of benzene rings is 1. The summed E-state index contributed by atoms with van der Waals surface area (Å²) in [5, 5.41) is 5.74. The van der Waals surface area contributed by atoms with Crippen molar-refractivity contribution in [1.82, 2.24) is 24.6 Å². The van der Waals surface area contributed by atoms with E-state index in [1.807, 2.05) is 13.8 Å². The van der Waals surface area contributed by atoms with Crippen molar-refractivity contribution in [2.45, 2.75) is 45.9 Å². The van der Waals surface area contributed by atoms with Gasteiger partial charge in [-0.3, -0.25) is 9.58 Å². The molecule has 0 unspecified atom stereocenters. The zero-order chi connectivity index (χ0) is 19.8. The number of ether oxygens (including phenoxy) is 1. The van der Waals surface area contributed by atoms with Gasteiger partial charge in [0, 0.05) is 50.6 Å². The van der Waals surface area contributed by atoms with Gasteiger partial charge in [-0.25, -0.2) is 9.97 Å². The van der Waals surface area contributed by atoms with Gasteiger partial charge in [0.15, 0.2) is 0 Å². The molecule has 0 saturated carbocycles. The van der Waals surface area contributed by atoms with Crippen molar-refractivity contribution >= 4 is 16.6 Å². The number of fused-ring (bicyclic) bond motifs is 2. The zero-order valence-corrected chi connectivity index (χ0v) is 17.2. The third kappa shape index (κ3) is 3.79. The average molecular weight is 393 g/mol. The van der Waals surface area contributed by atoms with E-state index in [1.54, 1.807) is 6.33 Å².